The van der Waals surface area contributed by atoms with E-state index in [0.29, 0.717) is 23.9 Å². The lowest BCUT2D eigenvalue weighted by atomic mass is 9.79. The van der Waals surface area contributed by atoms with Gasteiger partial charge in [0.05, 0.1) is 11.8 Å². The van der Waals surface area contributed by atoms with Crippen molar-refractivity contribution in [2.45, 2.75) is 44.4 Å². The number of aromatic nitrogens is 2. The van der Waals surface area contributed by atoms with E-state index in [1.165, 1.54) is 11.3 Å². The van der Waals surface area contributed by atoms with Gasteiger partial charge in [0.15, 0.2) is 0 Å². The maximum absolute atomic E-state index is 12.2. The van der Waals surface area contributed by atoms with Gasteiger partial charge in [-0.1, -0.05) is 24.2 Å². The molecule has 0 spiro atoms. The van der Waals surface area contributed by atoms with Crippen molar-refractivity contribution in [2.24, 2.45) is 11.8 Å². The monoisotopic (exact) mass is 295 g/mol. The molecule has 20 heavy (non-hydrogen) atoms. The number of anilines is 1. The Bertz CT molecular complexity index is 527. The summed E-state index contributed by atoms with van der Waals surface area (Å²) < 4.78 is 0. The van der Waals surface area contributed by atoms with Crippen LogP contribution < -0.4 is 5.32 Å². The fourth-order valence-corrected chi connectivity index (χ4v) is 3.63. The molecule has 1 amide bonds. The Balaban J connectivity index is 1.65. The summed E-state index contributed by atoms with van der Waals surface area (Å²) >= 11 is 1.40. The third-order valence-corrected chi connectivity index (χ3v) is 5.02. The number of hydrogen-bond acceptors (Lipinski definition) is 5. The minimum Gasteiger partial charge on any atom is -0.481 e. The first-order chi connectivity index (χ1) is 9.65. The van der Waals surface area contributed by atoms with Gasteiger partial charge >= 0.3 is 5.97 Å². The van der Waals surface area contributed by atoms with E-state index in [4.69, 9.17) is 0 Å². The highest BCUT2D eigenvalue weighted by Gasteiger charge is 2.36. The molecule has 0 unspecified atom stereocenters. The van der Waals surface area contributed by atoms with Crippen LogP contribution in [-0.4, -0.2) is 27.2 Å². The van der Waals surface area contributed by atoms with Crippen molar-refractivity contribution in [1.82, 2.24) is 10.2 Å². The highest BCUT2D eigenvalue weighted by Crippen LogP contribution is 2.42. The molecule has 0 aromatic carbocycles. The maximum Gasteiger partial charge on any atom is 0.307 e. The highest BCUT2D eigenvalue weighted by atomic mass is 32.1. The molecular formula is C13H17N3O3S. The maximum atomic E-state index is 12.2. The van der Waals surface area contributed by atoms with Crippen molar-refractivity contribution in [1.29, 1.82) is 0 Å². The second-order valence-corrected chi connectivity index (χ2v) is 6.55. The van der Waals surface area contributed by atoms with Crippen molar-refractivity contribution < 1.29 is 14.7 Å². The molecule has 2 aliphatic rings. The van der Waals surface area contributed by atoms with Crippen LogP contribution in [0, 0.1) is 11.8 Å². The van der Waals surface area contributed by atoms with Crippen molar-refractivity contribution in [3.63, 3.8) is 0 Å². The Hall–Kier alpha value is -1.50. The molecule has 2 N–H and O–H groups in total. The Labute approximate surface area is 120 Å². The van der Waals surface area contributed by atoms with E-state index < -0.39 is 17.8 Å². The average molecular weight is 295 g/mol. The molecule has 6 nitrogen and oxygen atoms in total. The largest absolute Gasteiger partial charge is 0.481 e. The first-order valence-electron chi connectivity index (χ1n) is 7.02. The van der Waals surface area contributed by atoms with Crippen molar-refractivity contribution >= 4 is 28.3 Å². The van der Waals surface area contributed by atoms with Gasteiger partial charge in [-0.2, -0.15) is 0 Å². The number of aliphatic carboxylic acids is 1. The van der Waals surface area contributed by atoms with E-state index in [-0.39, 0.29) is 5.91 Å². The van der Waals surface area contributed by atoms with Crippen LogP contribution in [0.2, 0.25) is 0 Å². The number of amides is 1. The number of carbonyl (C=O) groups is 2. The van der Waals surface area contributed by atoms with Crippen LogP contribution in [0.15, 0.2) is 0 Å². The van der Waals surface area contributed by atoms with Crippen LogP contribution in [0.3, 0.4) is 0 Å². The molecular weight excluding hydrogens is 278 g/mol. The van der Waals surface area contributed by atoms with Gasteiger partial charge in [0.1, 0.15) is 5.01 Å². The van der Waals surface area contributed by atoms with Crippen LogP contribution in [-0.2, 0) is 9.59 Å². The predicted molar refractivity (Wildman–Crippen MR) is 73.6 cm³/mol. The smallest absolute Gasteiger partial charge is 0.307 e. The van der Waals surface area contributed by atoms with E-state index in [2.05, 4.69) is 15.5 Å². The van der Waals surface area contributed by atoms with Gasteiger partial charge in [0.2, 0.25) is 11.0 Å². The van der Waals surface area contributed by atoms with Crippen molar-refractivity contribution in [2.75, 3.05) is 5.32 Å². The quantitative estimate of drug-likeness (QED) is 0.888. The van der Waals surface area contributed by atoms with Crippen LogP contribution in [0.25, 0.3) is 0 Å². The van der Waals surface area contributed by atoms with E-state index >= 15 is 0 Å². The molecule has 7 heteroatoms. The zero-order valence-corrected chi connectivity index (χ0v) is 11.9. The molecule has 1 heterocycles. The number of nitrogens with zero attached hydrogens (tertiary/aromatic N) is 2. The van der Waals surface area contributed by atoms with Gasteiger partial charge in [-0.3, -0.25) is 9.59 Å². The molecule has 0 bridgehead atoms. The number of carboxylic acids is 1. The third kappa shape index (κ3) is 2.82. The lowest BCUT2D eigenvalue weighted by Gasteiger charge is -2.26. The first-order valence-corrected chi connectivity index (χ1v) is 7.84. The molecule has 1 aromatic heterocycles. The van der Waals surface area contributed by atoms with E-state index in [9.17, 15) is 14.7 Å². The number of rotatable bonds is 4. The summed E-state index contributed by atoms with van der Waals surface area (Å²) in [6.07, 6.45) is 5.29. The lowest BCUT2D eigenvalue weighted by molar-refractivity contribution is -0.147. The Morgan fingerprint density at radius 3 is 2.45 bits per heavy atom. The van der Waals surface area contributed by atoms with Gasteiger partial charge in [0, 0.05) is 5.92 Å². The zero-order chi connectivity index (χ0) is 14.1. The number of carbonyl (C=O) groups excluding carboxylic acids is 1. The predicted octanol–water partition coefficient (Wildman–Crippen LogP) is 2.24. The van der Waals surface area contributed by atoms with Gasteiger partial charge in [0.25, 0.3) is 0 Å². The van der Waals surface area contributed by atoms with Crippen LogP contribution in [0.4, 0.5) is 5.13 Å². The minimum atomic E-state index is -0.874. The standard InChI is InChI=1S/C13H17N3O3S/c17-10(8-3-1-2-4-9(8)12(18)19)14-13-16-15-11(20-13)7-5-6-7/h7-9H,1-6H2,(H,18,19)(H,14,16,17)/t8-,9+/m0/s1. The normalized spacial score (nSPS) is 26.2. The van der Waals surface area contributed by atoms with Gasteiger partial charge in [-0.05, 0) is 25.7 Å². The minimum absolute atomic E-state index is 0.226. The topological polar surface area (TPSA) is 92.2 Å². The SMILES string of the molecule is O=C(Nc1nnc(C2CC2)s1)[C@H]1CCCC[C@H]1C(=O)O. The molecule has 3 rings (SSSR count). The summed E-state index contributed by atoms with van der Waals surface area (Å²) in [6, 6.07) is 0. The van der Waals surface area contributed by atoms with Gasteiger partial charge in [-0.15, -0.1) is 10.2 Å². The molecule has 0 radical (unpaired) electrons. The third-order valence-electron chi connectivity index (χ3n) is 4.02. The molecule has 2 aliphatic carbocycles. The Morgan fingerprint density at radius 1 is 1.10 bits per heavy atom. The van der Waals surface area contributed by atoms with Crippen LogP contribution >= 0.6 is 11.3 Å². The fourth-order valence-electron chi connectivity index (χ4n) is 2.72. The number of nitrogens with one attached hydrogen (secondary N) is 1. The average Bonchev–Trinajstić information content (AvgIpc) is 3.19. The molecule has 2 atom stereocenters. The molecule has 1 aromatic rings. The van der Waals surface area contributed by atoms with Crippen molar-refractivity contribution in [3.8, 4) is 0 Å². The van der Waals surface area contributed by atoms with E-state index in [0.717, 1.165) is 30.7 Å². The van der Waals surface area contributed by atoms with Gasteiger partial charge < -0.3 is 10.4 Å². The second-order valence-electron chi connectivity index (χ2n) is 5.54. The molecule has 0 saturated heterocycles. The summed E-state index contributed by atoms with van der Waals surface area (Å²) in [5, 5.41) is 21.4. The van der Waals surface area contributed by atoms with E-state index in [1.54, 1.807) is 0 Å². The highest BCUT2D eigenvalue weighted by molar-refractivity contribution is 7.15. The summed E-state index contributed by atoms with van der Waals surface area (Å²) in [4.78, 5) is 23.5. The molecule has 0 aliphatic heterocycles. The van der Waals surface area contributed by atoms with Crippen molar-refractivity contribution in [3.05, 3.63) is 5.01 Å². The number of hydrogen-bond donors (Lipinski definition) is 2. The number of carboxylic acid groups (broad SMARTS) is 1. The van der Waals surface area contributed by atoms with Crippen LogP contribution in [0.1, 0.15) is 49.5 Å². The Morgan fingerprint density at radius 2 is 1.80 bits per heavy atom. The molecule has 108 valence electrons. The van der Waals surface area contributed by atoms with Crippen LogP contribution in [0.5, 0.6) is 0 Å². The second kappa shape index (κ2) is 5.47. The Kier molecular flexibility index (Phi) is 3.69. The van der Waals surface area contributed by atoms with E-state index in [1.807, 2.05) is 0 Å². The first kappa shape index (κ1) is 13.5. The molecule has 2 saturated carbocycles. The molecule has 2 fully saturated rings. The fraction of sp³-hybridized carbons (Fsp3) is 0.692. The lowest BCUT2D eigenvalue weighted by Crippen LogP contribution is -2.36. The van der Waals surface area contributed by atoms with Gasteiger partial charge in [-0.25, -0.2) is 0 Å². The summed E-state index contributed by atoms with van der Waals surface area (Å²) in [6.45, 7) is 0. The summed E-state index contributed by atoms with van der Waals surface area (Å²) in [7, 11) is 0. The summed E-state index contributed by atoms with van der Waals surface area (Å²) in [5.41, 5.74) is 0. The zero-order valence-electron chi connectivity index (χ0n) is 11.0. The summed E-state index contributed by atoms with van der Waals surface area (Å²) in [5.74, 6) is -1.61.